The predicted molar refractivity (Wildman–Crippen MR) is 103 cm³/mol. The fourth-order valence-electron chi connectivity index (χ4n) is 2.22. The molecule has 142 valence electrons. The zero-order valence-corrected chi connectivity index (χ0v) is 17.4. The lowest BCUT2D eigenvalue weighted by atomic mass is 9.84. The van der Waals surface area contributed by atoms with Gasteiger partial charge in [-0.05, 0) is 31.5 Å². The highest BCUT2D eigenvalue weighted by atomic mass is 35.5. The van der Waals surface area contributed by atoms with Crippen LogP contribution in [-0.4, -0.2) is 39.3 Å². The summed E-state index contributed by atoms with van der Waals surface area (Å²) in [5.74, 6) is 0. The standard InChI is InChI=1S/C16H25Cl2N3O3S/c1-15(2,11-6-7-12(17)13(18)8-11)9-19-14(22)20-10-16(3,4)21-25(5,23)24/h6-8,21H,9-10H2,1-5H3,(H2,19,20,22). The van der Waals surface area contributed by atoms with E-state index in [4.69, 9.17) is 23.2 Å². The molecule has 0 fully saturated rings. The molecule has 0 heterocycles. The first-order valence-electron chi connectivity index (χ1n) is 7.68. The SMILES string of the molecule is CC(C)(CNC(=O)NCC(C)(C)c1ccc(Cl)c(Cl)c1)NS(C)(=O)=O. The smallest absolute Gasteiger partial charge is 0.314 e. The Balaban J connectivity index is 2.59. The molecule has 6 nitrogen and oxygen atoms in total. The third-order valence-corrected chi connectivity index (χ3v) is 5.21. The van der Waals surface area contributed by atoms with Gasteiger partial charge in [0.15, 0.2) is 0 Å². The van der Waals surface area contributed by atoms with Gasteiger partial charge in [0.25, 0.3) is 0 Å². The Labute approximate surface area is 159 Å². The number of carbonyl (C=O) groups is 1. The number of halogens is 2. The second-order valence-corrected chi connectivity index (χ2v) is 9.87. The van der Waals surface area contributed by atoms with Gasteiger partial charge in [-0.25, -0.2) is 17.9 Å². The molecule has 0 aromatic heterocycles. The van der Waals surface area contributed by atoms with Crippen LogP contribution in [0.1, 0.15) is 33.3 Å². The average molecular weight is 410 g/mol. The zero-order valence-electron chi connectivity index (χ0n) is 15.0. The molecule has 0 saturated heterocycles. The van der Waals surface area contributed by atoms with Crippen molar-refractivity contribution in [3.8, 4) is 0 Å². The van der Waals surface area contributed by atoms with Crippen molar-refractivity contribution in [2.75, 3.05) is 19.3 Å². The third kappa shape index (κ3) is 7.81. The first-order chi connectivity index (χ1) is 11.2. The molecule has 0 spiro atoms. The maximum absolute atomic E-state index is 12.0. The lowest BCUT2D eigenvalue weighted by Crippen LogP contribution is -2.53. The molecule has 9 heteroatoms. The molecule has 0 aliphatic carbocycles. The lowest BCUT2D eigenvalue weighted by Gasteiger charge is -2.28. The Morgan fingerprint density at radius 1 is 1.04 bits per heavy atom. The van der Waals surface area contributed by atoms with Crippen LogP contribution in [0.4, 0.5) is 4.79 Å². The largest absolute Gasteiger partial charge is 0.337 e. The maximum Gasteiger partial charge on any atom is 0.314 e. The molecule has 0 radical (unpaired) electrons. The van der Waals surface area contributed by atoms with Crippen molar-refractivity contribution in [2.45, 2.75) is 38.6 Å². The van der Waals surface area contributed by atoms with E-state index in [1.807, 2.05) is 19.9 Å². The second-order valence-electron chi connectivity index (χ2n) is 7.31. The number of rotatable bonds is 7. The van der Waals surface area contributed by atoms with Crippen molar-refractivity contribution >= 4 is 39.3 Å². The Bertz CT molecular complexity index is 734. The summed E-state index contributed by atoms with van der Waals surface area (Å²) in [6.45, 7) is 7.85. The van der Waals surface area contributed by atoms with Gasteiger partial charge in [-0.3, -0.25) is 0 Å². The van der Waals surface area contributed by atoms with Crippen LogP contribution in [0, 0.1) is 0 Å². The molecule has 0 aliphatic rings. The van der Waals surface area contributed by atoms with E-state index < -0.39 is 15.6 Å². The van der Waals surface area contributed by atoms with Gasteiger partial charge < -0.3 is 10.6 Å². The number of amides is 2. The number of benzene rings is 1. The molecule has 2 amide bonds. The Hall–Kier alpha value is -1.02. The zero-order chi connectivity index (χ0) is 19.5. The summed E-state index contributed by atoms with van der Waals surface area (Å²) >= 11 is 12.0. The van der Waals surface area contributed by atoms with E-state index >= 15 is 0 Å². The van der Waals surface area contributed by atoms with E-state index in [1.54, 1.807) is 26.0 Å². The minimum Gasteiger partial charge on any atom is -0.337 e. The van der Waals surface area contributed by atoms with Gasteiger partial charge in [-0.1, -0.05) is 43.1 Å². The fraction of sp³-hybridized carbons (Fsp3) is 0.562. The molecule has 1 rings (SSSR count). The molecular formula is C16H25Cl2N3O3S. The van der Waals surface area contributed by atoms with Crippen molar-refractivity contribution in [1.82, 2.24) is 15.4 Å². The van der Waals surface area contributed by atoms with Crippen molar-refractivity contribution < 1.29 is 13.2 Å². The monoisotopic (exact) mass is 409 g/mol. The highest BCUT2D eigenvalue weighted by Crippen LogP contribution is 2.29. The number of hydrogen-bond acceptors (Lipinski definition) is 3. The minimum absolute atomic E-state index is 0.152. The van der Waals surface area contributed by atoms with Crippen LogP contribution < -0.4 is 15.4 Å². The van der Waals surface area contributed by atoms with Crippen LogP contribution >= 0.6 is 23.2 Å². The van der Waals surface area contributed by atoms with Crippen LogP contribution in [0.2, 0.25) is 10.0 Å². The number of nitrogens with one attached hydrogen (secondary N) is 3. The van der Waals surface area contributed by atoms with Crippen molar-refractivity contribution in [1.29, 1.82) is 0 Å². The van der Waals surface area contributed by atoms with Gasteiger partial charge >= 0.3 is 6.03 Å². The highest BCUT2D eigenvalue weighted by molar-refractivity contribution is 7.88. The van der Waals surface area contributed by atoms with Crippen LogP contribution in [0.3, 0.4) is 0 Å². The van der Waals surface area contributed by atoms with Gasteiger partial charge in [0, 0.05) is 24.0 Å². The van der Waals surface area contributed by atoms with Gasteiger partial charge in [0.05, 0.1) is 16.3 Å². The highest BCUT2D eigenvalue weighted by Gasteiger charge is 2.25. The van der Waals surface area contributed by atoms with Crippen molar-refractivity contribution in [3.63, 3.8) is 0 Å². The van der Waals surface area contributed by atoms with Gasteiger partial charge in [0.2, 0.25) is 10.0 Å². The first kappa shape index (κ1) is 22.0. The normalized spacial score (nSPS) is 12.8. The van der Waals surface area contributed by atoms with Gasteiger partial charge in [0.1, 0.15) is 0 Å². The van der Waals surface area contributed by atoms with E-state index in [2.05, 4.69) is 15.4 Å². The van der Waals surface area contributed by atoms with E-state index in [1.165, 1.54) is 0 Å². The molecule has 1 aromatic carbocycles. The molecule has 3 N–H and O–H groups in total. The first-order valence-corrected chi connectivity index (χ1v) is 10.3. The predicted octanol–water partition coefficient (Wildman–Crippen LogP) is 2.90. The van der Waals surface area contributed by atoms with Crippen molar-refractivity contribution in [3.05, 3.63) is 33.8 Å². The average Bonchev–Trinajstić information content (AvgIpc) is 2.43. The van der Waals surface area contributed by atoms with Crippen LogP contribution in [-0.2, 0) is 15.4 Å². The molecule has 1 aromatic rings. The van der Waals surface area contributed by atoms with E-state index in [0.29, 0.717) is 16.6 Å². The summed E-state index contributed by atoms with van der Waals surface area (Å²) in [5.41, 5.74) is -0.197. The number of carbonyl (C=O) groups excluding carboxylic acids is 1. The van der Waals surface area contributed by atoms with E-state index in [0.717, 1.165) is 11.8 Å². The molecule has 25 heavy (non-hydrogen) atoms. The Morgan fingerprint density at radius 2 is 1.60 bits per heavy atom. The minimum atomic E-state index is -3.35. The lowest BCUT2D eigenvalue weighted by molar-refractivity contribution is 0.235. The summed E-state index contributed by atoms with van der Waals surface area (Å²) in [4.78, 5) is 12.0. The molecule has 0 unspecified atom stereocenters. The summed E-state index contributed by atoms with van der Waals surface area (Å²) in [7, 11) is -3.35. The van der Waals surface area contributed by atoms with Crippen LogP contribution in [0.5, 0.6) is 0 Å². The molecule has 0 atom stereocenters. The molecular weight excluding hydrogens is 385 g/mol. The fourth-order valence-corrected chi connectivity index (χ4v) is 3.60. The number of urea groups is 1. The quantitative estimate of drug-likeness (QED) is 0.646. The van der Waals surface area contributed by atoms with E-state index in [9.17, 15) is 13.2 Å². The molecule has 0 aliphatic heterocycles. The molecule has 0 saturated carbocycles. The summed E-state index contributed by atoms with van der Waals surface area (Å²) in [5, 5.41) is 6.40. The third-order valence-electron chi connectivity index (χ3n) is 3.54. The maximum atomic E-state index is 12.0. The number of hydrogen-bond donors (Lipinski definition) is 3. The summed E-state index contributed by atoms with van der Waals surface area (Å²) < 4.78 is 25.1. The summed E-state index contributed by atoms with van der Waals surface area (Å²) in [6, 6.07) is 4.99. The topological polar surface area (TPSA) is 87.3 Å². The van der Waals surface area contributed by atoms with E-state index in [-0.39, 0.29) is 18.0 Å². The number of sulfonamides is 1. The summed E-state index contributed by atoms with van der Waals surface area (Å²) in [6.07, 6.45) is 1.08. The Kier molecular flexibility index (Phi) is 7.15. The second kappa shape index (κ2) is 8.12. The van der Waals surface area contributed by atoms with Crippen LogP contribution in [0.25, 0.3) is 0 Å². The van der Waals surface area contributed by atoms with Crippen molar-refractivity contribution in [2.24, 2.45) is 0 Å². The van der Waals surface area contributed by atoms with Gasteiger partial charge in [-0.15, -0.1) is 0 Å². The Morgan fingerprint density at radius 3 is 2.12 bits per heavy atom. The van der Waals surface area contributed by atoms with Crippen LogP contribution in [0.15, 0.2) is 18.2 Å². The molecule has 0 bridgehead atoms. The van der Waals surface area contributed by atoms with Gasteiger partial charge in [-0.2, -0.15) is 0 Å².